The van der Waals surface area contributed by atoms with Crippen LogP contribution in [0.5, 0.6) is 0 Å². The molecule has 5 nitrogen and oxygen atoms in total. The fraction of sp³-hybridized carbons (Fsp3) is 0.348. The van der Waals surface area contributed by atoms with Crippen LogP contribution in [0.2, 0.25) is 5.02 Å². The molecule has 0 amide bonds. The Morgan fingerprint density at radius 3 is 2.20 bits per heavy atom. The minimum atomic E-state index is -3.94. The number of carbonyl (C=O) groups excluding carboxylic acids is 1. The Labute approximate surface area is 183 Å². The lowest BCUT2D eigenvalue weighted by Crippen LogP contribution is -2.45. The average molecular weight is 448 g/mol. The number of hydrogen-bond donors (Lipinski definition) is 0. The van der Waals surface area contributed by atoms with E-state index in [0.29, 0.717) is 21.7 Å². The summed E-state index contributed by atoms with van der Waals surface area (Å²) in [6, 6.07) is 12.4. The van der Waals surface area contributed by atoms with Crippen LogP contribution >= 0.6 is 11.6 Å². The van der Waals surface area contributed by atoms with Gasteiger partial charge in [-0.05, 0) is 41.7 Å². The summed E-state index contributed by atoms with van der Waals surface area (Å²) in [6.07, 6.45) is 1.72. The summed E-state index contributed by atoms with van der Waals surface area (Å²) in [5, 5.41) is 0.529. The van der Waals surface area contributed by atoms with Gasteiger partial charge in [0.2, 0.25) is 10.0 Å². The van der Waals surface area contributed by atoms with Crippen molar-refractivity contribution in [1.29, 1.82) is 0 Å². The molecule has 0 aliphatic carbocycles. The number of esters is 1. The summed E-state index contributed by atoms with van der Waals surface area (Å²) in [5.74, 6) is -0.549. The third-order valence-electron chi connectivity index (χ3n) is 5.30. The number of rotatable bonds is 4. The fourth-order valence-corrected chi connectivity index (χ4v) is 6.05. The topological polar surface area (TPSA) is 63.7 Å². The molecule has 2 aromatic carbocycles. The molecule has 1 heterocycles. The second kappa shape index (κ2) is 8.17. The predicted octanol–water partition coefficient (Wildman–Crippen LogP) is 4.91. The summed E-state index contributed by atoms with van der Waals surface area (Å²) >= 11 is 6.05. The van der Waals surface area contributed by atoms with Crippen molar-refractivity contribution in [1.82, 2.24) is 4.31 Å². The van der Waals surface area contributed by atoms with Crippen molar-refractivity contribution >= 4 is 27.6 Å². The van der Waals surface area contributed by atoms with Crippen LogP contribution in [0.1, 0.15) is 37.9 Å². The van der Waals surface area contributed by atoms with Gasteiger partial charge in [0.25, 0.3) is 0 Å². The molecule has 0 saturated carbocycles. The van der Waals surface area contributed by atoms with E-state index < -0.39 is 33.5 Å². The summed E-state index contributed by atoms with van der Waals surface area (Å²) in [4.78, 5) is 12.9. The number of hydrogen-bond acceptors (Lipinski definition) is 4. The molecule has 3 rings (SSSR count). The van der Waals surface area contributed by atoms with E-state index in [-0.39, 0.29) is 4.90 Å². The summed E-state index contributed by atoms with van der Waals surface area (Å²) < 4.78 is 34.3. The quantitative estimate of drug-likeness (QED) is 0.625. The van der Waals surface area contributed by atoms with E-state index in [2.05, 4.69) is 0 Å². The molecule has 1 aliphatic rings. The number of ether oxygens (including phenoxy) is 1. The zero-order chi connectivity index (χ0) is 22.3. The van der Waals surface area contributed by atoms with Gasteiger partial charge in [-0.3, -0.25) is 0 Å². The number of sulfonamides is 1. The lowest BCUT2D eigenvalue weighted by molar-refractivity contribution is -0.136. The number of benzene rings is 2. The first-order valence-electron chi connectivity index (χ1n) is 9.63. The number of carbonyl (C=O) groups is 1. The maximum Gasteiger partial charge on any atom is 0.335 e. The van der Waals surface area contributed by atoms with E-state index in [9.17, 15) is 13.2 Å². The number of nitrogens with zero attached hydrogens (tertiary/aromatic N) is 1. The Hall–Kier alpha value is -2.15. The van der Waals surface area contributed by atoms with Crippen LogP contribution < -0.4 is 0 Å². The summed E-state index contributed by atoms with van der Waals surface area (Å²) in [7, 11) is -2.64. The number of halogens is 1. The Bertz CT molecular complexity index is 1080. The van der Waals surface area contributed by atoms with Gasteiger partial charge in [0.05, 0.1) is 23.6 Å². The molecule has 0 N–H and O–H groups in total. The van der Waals surface area contributed by atoms with Gasteiger partial charge >= 0.3 is 5.97 Å². The van der Waals surface area contributed by atoms with Gasteiger partial charge in [0.15, 0.2) is 0 Å². The van der Waals surface area contributed by atoms with Gasteiger partial charge in [0, 0.05) is 11.1 Å². The van der Waals surface area contributed by atoms with E-state index in [1.54, 1.807) is 61.5 Å². The maximum atomic E-state index is 13.9. The first-order valence-corrected chi connectivity index (χ1v) is 11.4. The molecule has 1 aliphatic heterocycles. The largest absolute Gasteiger partial charge is 0.466 e. The van der Waals surface area contributed by atoms with Crippen LogP contribution in [-0.2, 0) is 19.6 Å². The third-order valence-corrected chi connectivity index (χ3v) is 7.56. The number of methoxy groups -OCH3 is 1. The van der Waals surface area contributed by atoms with Crippen molar-refractivity contribution in [2.45, 2.75) is 44.7 Å². The molecular weight excluding hydrogens is 422 g/mol. The van der Waals surface area contributed by atoms with Gasteiger partial charge in [-0.1, -0.05) is 68.8 Å². The molecule has 7 heteroatoms. The lowest BCUT2D eigenvalue weighted by atomic mass is 9.87. The zero-order valence-corrected chi connectivity index (χ0v) is 19.3. The van der Waals surface area contributed by atoms with Crippen LogP contribution in [0.15, 0.2) is 65.1 Å². The average Bonchev–Trinajstić information content (AvgIpc) is 3.10. The van der Waals surface area contributed by atoms with Crippen LogP contribution in [0.4, 0.5) is 0 Å². The first kappa shape index (κ1) is 22.5. The summed E-state index contributed by atoms with van der Waals surface area (Å²) in [6.45, 7) is 7.62. The van der Waals surface area contributed by atoms with Gasteiger partial charge < -0.3 is 4.74 Å². The monoisotopic (exact) mass is 447 g/mol. The van der Waals surface area contributed by atoms with Gasteiger partial charge in [-0.2, -0.15) is 4.31 Å². The summed E-state index contributed by atoms with van der Waals surface area (Å²) in [5.41, 5.74) is 1.14. The normalized spacial score (nSPS) is 20.1. The molecule has 0 radical (unpaired) electrons. The fourth-order valence-electron chi connectivity index (χ4n) is 3.78. The van der Waals surface area contributed by atoms with Crippen LogP contribution in [0, 0.1) is 12.3 Å². The van der Waals surface area contributed by atoms with E-state index in [1.807, 2.05) is 20.8 Å². The third kappa shape index (κ3) is 4.04. The molecule has 2 atom stereocenters. The Morgan fingerprint density at radius 1 is 1.07 bits per heavy atom. The zero-order valence-electron chi connectivity index (χ0n) is 17.7. The van der Waals surface area contributed by atoms with Gasteiger partial charge in [-0.25, -0.2) is 13.2 Å². The predicted molar refractivity (Wildman–Crippen MR) is 118 cm³/mol. The second-order valence-corrected chi connectivity index (χ2v) is 10.7. The molecule has 0 bridgehead atoms. The number of aryl methyl sites for hydroxylation is 1. The molecule has 2 aromatic rings. The smallest absolute Gasteiger partial charge is 0.335 e. The van der Waals surface area contributed by atoms with Gasteiger partial charge in [-0.15, -0.1) is 0 Å². The molecule has 1 unspecified atom stereocenters. The van der Waals surface area contributed by atoms with Crippen LogP contribution in [0.25, 0.3) is 0 Å². The van der Waals surface area contributed by atoms with E-state index >= 15 is 0 Å². The van der Waals surface area contributed by atoms with Crippen molar-refractivity contribution < 1.29 is 17.9 Å². The molecule has 0 aromatic heterocycles. The van der Waals surface area contributed by atoms with Crippen molar-refractivity contribution in [3.05, 3.63) is 76.3 Å². The van der Waals surface area contributed by atoms with Crippen molar-refractivity contribution in [2.24, 2.45) is 5.41 Å². The van der Waals surface area contributed by atoms with E-state index in [0.717, 1.165) is 0 Å². The maximum absolute atomic E-state index is 13.9. The molecule has 160 valence electrons. The lowest BCUT2D eigenvalue weighted by Gasteiger charge is -2.37. The van der Waals surface area contributed by atoms with E-state index in [1.165, 1.54) is 11.4 Å². The molecule has 30 heavy (non-hydrogen) atoms. The van der Waals surface area contributed by atoms with Crippen LogP contribution in [0.3, 0.4) is 0 Å². The molecule has 0 saturated heterocycles. The highest BCUT2D eigenvalue weighted by molar-refractivity contribution is 7.89. The standard InChI is InChI=1S/C23H26ClNO4S/c1-15-8-6-7-9-19(15)30(27,28)25-20(23(2,3)4)14-18(22(26)29-5)21(25)16-10-12-17(24)13-11-16/h6-14,20-21H,1-5H3/t20?,21-/m0/s1. The molecule has 0 spiro atoms. The minimum Gasteiger partial charge on any atom is -0.466 e. The van der Waals surface area contributed by atoms with Crippen molar-refractivity contribution in [2.75, 3.05) is 7.11 Å². The highest BCUT2D eigenvalue weighted by atomic mass is 35.5. The Kier molecular flexibility index (Phi) is 6.14. The van der Waals surface area contributed by atoms with Crippen molar-refractivity contribution in [3.8, 4) is 0 Å². The molecular formula is C23H26ClNO4S. The minimum absolute atomic E-state index is 0.220. The van der Waals surface area contributed by atoms with Crippen molar-refractivity contribution in [3.63, 3.8) is 0 Å². The first-order chi connectivity index (χ1) is 14.0. The Morgan fingerprint density at radius 2 is 1.67 bits per heavy atom. The highest BCUT2D eigenvalue weighted by Gasteiger charge is 2.50. The highest BCUT2D eigenvalue weighted by Crippen LogP contribution is 2.46. The molecule has 0 fully saturated rings. The van der Waals surface area contributed by atoms with Crippen LogP contribution in [-0.4, -0.2) is 31.8 Å². The second-order valence-electron chi connectivity index (χ2n) is 8.48. The Balaban J connectivity index is 2.28. The SMILES string of the molecule is COC(=O)C1=CC(C(C)(C)C)N(S(=O)(=O)c2ccccc2C)[C@H]1c1ccc(Cl)cc1. The van der Waals surface area contributed by atoms with E-state index in [4.69, 9.17) is 16.3 Å². The van der Waals surface area contributed by atoms with Gasteiger partial charge in [0.1, 0.15) is 0 Å².